The monoisotopic (exact) mass is 486 g/mol. The average Bonchev–Trinajstić information content (AvgIpc) is 3.06. The number of carbonyl (C=O) groups excluding carboxylic acids is 1. The molecule has 2 aliphatic rings. The highest BCUT2D eigenvalue weighted by Gasteiger charge is 2.38. The van der Waals surface area contributed by atoms with Crippen LogP contribution in [0.2, 0.25) is 0 Å². The maximum atomic E-state index is 13.1. The molecule has 8 heteroatoms. The molecule has 1 aliphatic carbocycles. The van der Waals surface area contributed by atoms with Gasteiger partial charge in [-0.1, -0.05) is 67.1 Å². The zero-order chi connectivity index (χ0) is 20.9. The number of sulfonamides is 1. The minimum absolute atomic E-state index is 0.188. The van der Waals surface area contributed by atoms with Crippen LogP contribution in [0.4, 0.5) is 4.79 Å². The van der Waals surface area contributed by atoms with Crippen molar-refractivity contribution >= 4 is 32.0 Å². The molecular weight excluding hydrogens is 456 g/mol. The second-order valence-electron chi connectivity index (χ2n) is 7.89. The molecule has 0 radical (unpaired) electrons. The molecule has 1 amide bonds. The lowest BCUT2D eigenvalue weighted by Crippen LogP contribution is -2.40. The van der Waals surface area contributed by atoms with E-state index in [9.17, 15) is 13.2 Å². The lowest BCUT2D eigenvalue weighted by atomic mass is 9.96. The molecule has 1 aliphatic heterocycles. The first-order valence-corrected chi connectivity index (χ1v) is 13.1. The highest BCUT2D eigenvalue weighted by atomic mass is 79.9. The summed E-state index contributed by atoms with van der Waals surface area (Å²) < 4.78 is 33.1. The Kier molecular flexibility index (Phi) is 7.99. The number of hydrogen-bond donors (Lipinski definition) is 0. The van der Waals surface area contributed by atoms with Crippen LogP contribution in [0.3, 0.4) is 0 Å². The van der Waals surface area contributed by atoms with Gasteiger partial charge in [-0.15, -0.1) is 0 Å². The van der Waals surface area contributed by atoms with Gasteiger partial charge >= 0.3 is 6.09 Å². The zero-order valence-corrected chi connectivity index (χ0v) is 19.5. The van der Waals surface area contributed by atoms with Gasteiger partial charge in [0.15, 0.2) is 0 Å². The number of hydrogen-bond acceptors (Lipinski definition) is 4. The summed E-state index contributed by atoms with van der Waals surface area (Å²) in [4.78, 5) is 14.6. The van der Waals surface area contributed by atoms with E-state index in [4.69, 9.17) is 4.74 Å². The Morgan fingerprint density at radius 2 is 1.72 bits per heavy atom. The van der Waals surface area contributed by atoms with Crippen molar-refractivity contribution in [2.45, 2.75) is 74.2 Å². The molecule has 29 heavy (non-hydrogen) atoms. The number of likely N-dealkylation sites (N-methyl/N-ethyl adjacent to an activating group) is 1. The molecule has 3 rings (SSSR count). The van der Waals surface area contributed by atoms with Gasteiger partial charge in [0.2, 0.25) is 10.0 Å². The number of alkyl halides is 1. The summed E-state index contributed by atoms with van der Waals surface area (Å²) in [6.45, 7) is 2.81. The highest BCUT2D eigenvalue weighted by Crippen LogP contribution is 2.26. The summed E-state index contributed by atoms with van der Waals surface area (Å²) >= 11 is 3.37. The molecule has 1 saturated heterocycles. The molecule has 1 heterocycles. The molecule has 1 aromatic carbocycles. The van der Waals surface area contributed by atoms with Crippen molar-refractivity contribution in [2.24, 2.45) is 0 Å². The van der Waals surface area contributed by atoms with E-state index in [-0.39, 0.29) is 23.6 Å². The van der Waals surface area contributed by atoms with Crippen LogP contribution < -0.4 is 0 Å². The van der Waals surface area contributed by atoms with Crippen molar-refractivity contribution in [3.63, 3.8) is 0 Å². The van der Waals surface area contributed by atoms with Gasteiger partial charge < -0.3 is 9.64 Å². The fraction of sp³-hybridized carbons (Fsp3) is 0.667. The van der Waals surface area contributed by atoms with E-state index in [1.807, 2.05) is 11.8 Å². The number of cyclic esters (lactones) is 1. The van der Waals surface area contributed by atoms with Gasteiger partial charge in [-0.25, -0.2) is 13.2 Å². The molecular formula is C21H31BrN2O4S. The normalized spacial score (nSPS) is 21.8. The van der Waals surface area contributed by atoms with Gasteiger partial charge in [-0.3, -0.25) is 0 Å². The van der Waals surface area contributed by atoms with Crippen molar-refractivity contribution in [1.29, 1.82) is 0 Å². The van der Waals surface area contributed by atoms with Crippen molar-refractivity contribution in [1.82, 2.24) is 9.21 Å². The van der Waals surface area contributed by atoms with E-state index in [2.05, 4.69) is 15.9 Å². The van der Waals surface area contributed by atoms with Crippen LogP contribution in [0.25, 0.3) is 0 Å². The maximum absolute atomic E-state index is 13.1. The molecule has 6 nitrogen and oxygen atoms in total. The summed E-state index contributed by atoms with van der Waals surface area (Å²) in [6.07, 6.45) is 7.30. The third-order valence-corrected chi connectivity index (χ3v) is 8.50. The Labute approximate surface area is 182 Å². The number of amides is 1. The van der Waals surface area contributed by atoms with E-state index in [1.165, 1.54) is 23.6 Å². The maximum Gasteiger partial charge on any atom is 0.410 e. The summed E-state index contributed by atoms with van der Waals surface area (Å²) in [7, 11) is -3.63. The smallest absolute Gasteiger partial charge is 0.410 e. The second-order valence-corrected chi connectivity index (χ2v) is 10.4. The topological polar surface area (TPSA) is 66.9 Å². The standard InChI is InChI=1S/C21H31BrN2O4S/c1-2-23(29(26,27)20-12-10-17(14-22)11-13-20)15-19-16-24(21(25)28-19)18-8-6-4-3-5-7-9-18/h10-13,18-19H,2-9,14-16H2,1H3/t19-/m1/s1. The quantitative estimate of drug-likeness (QED) is 0.531. The SMILES string of the molecule is CCN(C[C@@H]1CN(C2CCCCCCC2)C(=O)O1)S(=O)(=O)c1ccc(CBr)cc1. The summed E-state index contributed by atoms with van der Waals surface area (Å²) in [5.74, 6) is 0. The van der Waals surface area contributed by atoms with Gasteiger partial charge in [0.25, 0.3) is 0 Å². The summed E-state index contributed by atoms with van der Waals surface area (Å²) in [5, 5.41) is 0.680. The number of rotatable bonds is 7. The van der Waals surface area contributed by atoms with E-state index >= 15 is 0 Å². The Balaban J connectivity index is 1.66. The number of ether oxygens (including phenoxy) is 1. The van der Waals surface area contributed by atoms with Gasteiger partial charge in [0.1, 0.15) is 6.10 Å². The van der Waals surface area contributed by atoms with Crippen LogP contribution >= 0.6 is 15.9 Å². The van der Waals surface area contributed by atoms with Crippen LogP contribution in [-0.2, 0) is 20.1 Å². The lowest BCUT2D eigenvalue weighted by Gasteiger charge is -2.27. The Hall–Kier alpha value is -1.12. The van der Waals surface area contributed by atoms with E-state index in [0.717, 1.165) is 31.2 Å². The van der Waals surface area contributed by atoms with Crippen molar-refractivity contribution in [3.8, 4) is 0 Å². The van der Waals surface area contributed by atoms with Crippen LogP contribution in [0.1, 0.15) is 57.4 Å². The van der Waals surface area contributed by atoms with Crippen LogP contribution in [0.5, 0.6) is 0 Å². The minimum Gasteiger partial charge on any atom is -0.443 e. The highest BCUT2D eigenvalue weighted by molar-refractivity contribution is 9.08. The van der Waals surface area contributed by atoms with Gasteiger partial charge in [-0.05, 0) is 30.5 Å². The number of carbonyl (C=O) groups is 1. The zero-order valence-electron chi connectivity index (χ0n) is 17.1. The molecule has 0 unspecified atom stereocenters. The van der Waals surface area contributed by atoms with Gasteiger partial charge in [0.05, 0.1) is 18.0 Å². The number of nitrogens with zero attached hydrogens (tertiary/aromatic N) is 2. The predicted molar refractivity (Wildman–Crippen MR) is 117 cm³/mol. The molecule has 2 fully saturated rings. The van der Waals surface area contributed by atoms with Crippen molar-refractivity contribution in [3.05, 3.63) is 29.8 Å². The van der Waals surface area contributed by atoms with Crippen LogP contribution in [0.15, 0.2) is 29.2 Å². The molecule has 1 atom stereocenters. The van der Waals surface area contributed by atoms with E-state index < -0.39 is 16.1 Å². The summed E-state index contributed by atoms with van der Waals surface area (Å²) in [6, 6.07) is 7.10. The first kappa shape index (κ1) is 22.6. The van der Waals surface area contributed by atoms with Crippen LogP contribution in [0, 0.1) is 0 Å². The van der Waals surface area contributed by atoms with Crippen molar-refractivity contribution in [2.75, 3.05) is 19.6 Å². The number of benzene rings is 1. The van der Waals surface area contributed by atoms with Crippen molar-refractivity contribution < 1.29 is 17.9 Å². The van der Waals surface area contributed by atoms with Crippen LogP contribution in [-0.4, -0.2) is 55.5 Å². The van der Waals surface area contributed by atoms with E-state index in [0.29, 0.717) is 18.4 Å². The van der Waals surface area contributed by atoms with E-state index in [1.54, 1.807) is 24.3 Å². The Morgan fingerprint density at radius 3 is 2.31 bits per heavy atom. The molecule has 0 aromatic heterocycles. The fourth-order valence-corrected chi connectivity index (χ4v) is 6.06. The van der Waals surface area contributed by atoms with Gasteiger partial charge in [0, 0.05) is 17.9 Å². The molecule has 162 valence electrons. The average molecular weight is 487 g/mol. The largest absolute Gasteiger partial charge is 0.443 e. The summed E-state index contributed by atoms with van der Waals surface area (Å²) in [5.41, 5.74) is 1.02. The molecule has 1 aromatic rings. The van der Waals surface area contributed by atoms with Gasteiger partial charge in [-0.2, -0.15) is 4.31 Å². The molecule has 0 spiro atoms. The third kappa shape index (κ3) is 5.52. The molecule has 0 bridgehead atoms. The first-order chi connectivity index (χ1) is 14.0. The lowest BCUT2D eigenvalue weighted by molar-refractivity contribution is 0.118. The third-order valence-electron chi connectivity index (χ3n) is 5.89. The predicted octanol–water partition coefficient (Wildman–Crippen LogP) is 4.53. The fourth-order valence-electron chi connectivity index (χ4n) is 4.20. The molecule has 0 N–H and O–H groups in total. The Bertz CT molecular complexity index is 776. The molecule has 1 saturated carbocycles. The first-order valence-electron chi connectivity index (χ1n) is 10.6. The second kappa shape index (κ2) is 10.3. The number of halogens is 1. The Morgan fingerprint density at radius 1 is 1.10 bits per heavy atom. The minimum atomic E-state index is -3.63.